The predicted molar refractivity (Wildman–Crippen MR) is 138 cm³/mol. The molecule has 4 rings (SSSR count). The van der Waals surface area contributed by atoms with Gasteiger partial charge in [-0.3, -0.25) is 14.5 Å². The second-order valence-electron chi connectivity index (χ2n) is 8.01. The number of ether oxygens (including phenoxy) is 3. The fourth-order valence-electron chi connectivity index (χ4n) is 3.52. The van der Waals surface area contributed by atoms with Crippen molar-refractivity contribution in [2.24, 2.45) is 0 Å². The topological polar surface area (TPSA) is 82.1 Å². The number of hydrogen-bond acceptors (Lipinski definition) is 7. The first kappa shape index (κ1) is 25.1. The van der Waals surface area contributed by atoms with Gasteiger partial charge in [-0.25, -0.2) is 4.79 Å². The summed E-state index contributed by atoms with van der Waals surface area (Å²) in [4.78, 5) is 39.6. The van der Waals surface area contributed by atoms with E-state index in [2.05, 4.69) is 0 Å². The third-order valence-electron chi connectivity index (χ3n) is 5.43. The Morgan fingerprint density at radius 1 is 0.972 bits per heavy atom. The van der Waals surface area contributed by atoms with E-state index in [1.54, 1.807) is 55.7 Å². The van der Waals surface area contributed by atoms with E-state index >= 15 is 0 Å². The summed E-state index contributed by atoms with van der Waals surface area (Å²) in [7, 11) is 1.55. The Hall–Kier alpha value is -4.04. The highest BCUT2D eigenvalue weighted by atomic mass is 32.2. The maximum Gasteiger partial charge on any atom is 0.343 e. The number of methoxy groups -OCH3 is 1. The van der Waals surface area contributed by atoms with Crippen LogP contribution in [0.1, 0.15) is 34.0 Å². The molecule has 1 aliphatic rings. The zero-order chi connectivity index (χ0) is 25.7. The molecule has 184 valence electrons. The highest BCUT2D eigenvalue weighted by molar-refractivity contribution is 8.18. The van der Waals surface area contributed by atoms with Gasteiger partial charge in [-0.15, -0.1) is 0 Å². The van der Waals surface area contributed by atoms with E-state index < -0.39 is 5.97 Å². The number of benzene rings is 3. The molecule has 1 heterocycles. The van der Waals surface area contributed by atoms with Crippen molar-refractivity contribution in [1.82, 2.24) is 4.90 Å². The maximum atomic E-state index is 12.9. The summed E-state index contributed by atoms with van der Waals surface area (Å²) in [6, 6.07) is 19.3. The number of thioether (sulfide) groups is 1. The Morgan fingerprint density at radius 3 is 2.36 bits per heavy atom. The van der Waals surface area contributed by atoms with Crippen LogP contribution < -0.4 is 14.2 Å². The van der Waals surface area contributed by atoms with Crippen LogP contribution in [0, 0.1) is 6.92 Å². The fraction of sp³-hybridized carbons (Fsp3) is 0.179. The first-order chi connectivity index (χ1) is 17.4. The molecule has 3 aromatic rings. The third-order valence-corrected chi connectivity index (χ3v) is 6.34. The SMILES string of the molecule is CCOc1cc(/C=C2\SC(=O)N(Cc3ccc(C)cc3)C2=O)ccc1OC(=O)c1ccc(OC)cc1. The number of imide groups is 1. The molecule has 0 atom stereocenters. The quantitative estimate of drug-likeness (QED) is 0.216. The number of nitrogens with zero attached hydrogens (tertiary/aromatic N) is 1. The summed E-state index contributed by atoms with van der Waals surface area (Å²) < 4.78 is 16.3. The molecular formula is C28H25NO6S. The van der Waals surface area contributed by atoms with Crippen molar-refractivity contribution in [3.8, 4) is 17.2 Å². The molecule has 36 heavy (non-hydrogen) atoms. The van der Waals surface area contributed by atoms with Crippen LogP contribution in [-0.4, -0.2) is 35.7 Å². The van der Waals surface area contributed by atoms with Gasteiger partial charge in [0.2, 0.25) is 0 Å². The zero-order valence-corrected chi connectivity index (χ0v) is 21.0. The summed E-state index contributed by atoms with van der Waals surface area (Å²) in [5.74, 6) is 0.352. The molecule has 0 aromatic heterocycles. The molecule has 7 nitrogen and oxygen atoms in total. The van der Waals surface area contributed by atoms with Crippen LogP contribution in [0.2, 0.25) is 0 Å². The molecule has 0 unspecified atom stereocenters. The van der Waals surface area contributed by atoms with Crippen LogP contribution in [0.5, 0.6) is 17.2 Å². The molecule has 0 radical (unpaired) electrons. The number of hydrogen-bond donors (Lipinski definition) is 0. The summed E-state index contributed by atoms with van der Waals surface area (Å²) in [5, 5.41) is -0.318. The van der Waals surface area contributed by atoms with Crippen molar-refractivity contribution < 1.29 is 28.6 Å². The Kier molecular flexibility index (Phi) is 7.75. The third kappa shape index (κ3) is 5.78. The van der Waals surface area contributed by atoms with E-state index in [9.17, 15) is 14.4 Å². The minimum atomic E-state index is -0.538. The molecule has 1 saturated heterocycles. The average Bonchev–Trinajstić information content (AvgIpc) is 3.14. The van der Waals surface area contributed by atoms with Crippen molar-refractivity contribution in [2.75, 3.05) is 13.7 Å². The lowest BCUT2D eigenvalue weighted by atomic mass is 10.1. The first-order valence-electron chi connectivity index (χ1n) is 11.3. The molecular weight excluding hydrogens is 478 g/mol. The molecule has 0 saturated carbocycles. The van der Waals surface area contributed by atoms with Crippen molar-refractivity contribution in [2.45, 2.75) is 20.4 Å². The molecule has 1 fully saturated rings. The van der Waals surface area contributed by atoms with Crippen molar-refractivity contribution in [3.05, 3.63) is 93.9 Å². The van der Waals surface area contributed by atoms with Crippen LogP contribution in [0.15, 0.2) is 71.6 Å². The van der Waals surface area contributed by atoms with E-state index in [4.69, 9.17) is 14.2 Å². The molecule has 0 N–H and O–H groups in total. The zero-order valence-electron chi connectivity index (χ0n) is 20.1. The molecule has 0 spiro atoms. The van der Waals surface area contributed by atoms with Crippen LogP contribution >= 0.6 is 11.8 Å². The minimum Gasteiger partial charge on any atom is -0.497 e. The van der Waals surface area contributed by atoms with Crippen LogP contribution in [0.4, 0.5) is 4.79 Å². The van der Waals surface area contributed by atoms with Crippen LogP contribution in [0.3, 0.4) is 0 Å². The molecule has 3 aromatic carbocycles. The predicted octanol–water partition coefficient (Wildman–Crippen LogP) is 5.86. The summed E-state index contributed by atoms with van der Waals surface area (Å²) >= 11 is 0.895. The second kappa shape index (κ2) is 11.1. The Balaban J connectivity index is 1.51. The number of rotatable bonds is 8. The molecule has 0 bridgehead atoms. The number of carbonyl (C=O) groups excluding carboxylic acids is 3. The van der Waals surface area contributed by atoms with Gasteiger partial charge in [-0.2, -0.15) is 0 Å². The van der Waals surface area contributed by atoms with Gasteiger partial charge in [-0.1, -0.05) is 35.9 Å². The monoisotopic (exact) mass is 503 g/mol. The molecule has 1 aliphatic heterocycles. The van der Waals surface area contributed by atoms with Crippen molar-refractivity contribution in [1.29, 1.82) is 0 Å². The number of esters is 1. The molecule has 0 aliphatic carbocycles. The normalized spacial score (nSPS) is 14.3. The lowest BCUT2D eigenvalue weighted by Crippen LogP contribution is -2.27. The number of carbonyl (C=O) groups is 3. The second-order valence-corrected chi connectivity index (χ2v) is 9.00. The van der Waals surface area contributed by atoms with E-state index in [1.165, 1.54) is 4.90 Å². The lowest BCUT2D eigenvalue weighted by Gasteiger charge is -2.13. The van der Waals surface area contributed by atoms with Crippen LogP contribution in [0.25, 0.3) is 6.08 Å². The Morgan fingerprint density at radius 2 is 1.69 bits per heavy atom. The van der Waals surface area contributed by atoms with Gasteiger partial charge in [0.15, 0.2) is 11.5 Å². The number of aryl methyl sites for hydroxylation is 1. The summed E-state index contributed by atoms with van der Waals surface area (Å²) in [6.45, 7) is 4.36. The lowest BCUT2D eigenvalue weighted by molar-refractivity contribution is -0.123. The fourth-order valence-corrected chi connectivity index (χ4v) is 4.35. The summed E-state index contributed by atoms with van der Waals surface area (Å²) in [5.41, 5.74) is 3.00. The minimum absolute atomic E-state index is 0.215. The maximum absolute atomic E-state index is 12.9. The molecule has 8 heteroatoms. The average molecular weight is 504 g/mol. The summed E-state index contributed by atoms with van der Waals surface area (Å²) in [6.07, 6.45) is 1.64. The Bertz CT molecular complexity index is 1310. The van der Waals surface area contributed by atoms with Crippen LogP contribution in [-0.2, 0) is 11.3 Å². The van der Waals surface area contributed by atoms with Gasteiger partial charge in [0, 0.05) is 0 Å². The van der Waals surface area contributed by atoms with E-state index in [0.717, 1.165) is 22.9 Å². The van der Waals surface area contributed by atoms with Gasteiger partial charge >= 0.3 is 5.97 Å². The van der Waals surface area contributed by atoms with E-state index in [-0.39, 0.29) is 23.4 Å². The largest absolute Gasteiger partial charge is 0.497 e. The van der Waals surface area contributed by atoms with Crippen molar-refractivity contribution in [3.63, 3.8) is 0 Å². The Labute approximate surface area is 213 Å². The van der Waals surface area contributed by atoms with Gasteiger partial charge in [0.05, 0.1) is 30.7 Å². The smallest absolute Gasteiger partial charge is 0.343 e. The highest BCUT2D eigenvalue weighted by Crippen LogP contribution is 2.35. The first-order valence-corrected chi connectivity index (χ1v) is 12.1. The van der Waals surface area contributed by atoms with E-state index in [1.807, 2.05) is 38.1 Å². The van der Waals surface area contributed by atoms with E-state index in [0.29, 0.717) is 34.1 Å². The van der Waals surface area contributed by atoms with Gasteiger partial charge < -0.3 is 14.2 Å². The van der Waals surface area contributed by atoms with Gasteiger partial charge in [-0.05, 0) is 79.2 Å². The highest BCUT2D eigenvalue weighted by Gasteiger charge is 2.35. The number of amides is 2. The van der Waals surface area contributed by atoms with Gasteiger partial charge in [0.25, 0.3) is 11.1 Å². The van der Waals surface area contributed by atoms with Gasteiger partial charge in [0.1, 0.15) is 5.75 Å². The molecule has 2 amide bonds. The van der Waals surface area contributed by atoms with Crippen molar-refractivity contribution >= 4 is 35.0 Å². The standard InChI is InChI=1S/C28H25NO6S/c1-4-34-24-15-20(9-14-23(24)35-27(31)21-10-12-22(33-3)13-11-21)16-25-26(30)29(28(32)36-25)17-19-7-5-18(2)6-8-19/h5-16H,4,17H2,1-3H3/b25-16-.